The first-order valence-electron chi connectivity index (χ1n) is 11.9. The van der Waals surface area contributed by atoms with Crippen LogP contribution in [-0.4, -0.2) is 61.8 Å². The van der Waals surface area contributed by atoms with Crippen LogP contribution in [0.4, 0.5) is 24.5 Å². The maximum Gasteiger partial charge on any atom is 0.416 e. The van der Waals surface area contributed by atoms with Crippen LogP contribution in [0.1, 0.15) is 35.3 Å². The van der Waals surface area contributed by atoms with Gasteiger partial charge in [-0.05, 0) is 75.3 Å². The molecule has 0 aromatic heterocycles. The molecule has 0 N–H and O–H groups in total. The minimum absolute atomic E-state index is 0.132. The van der Waals surface area contributed by atoms with Crippen molar-refractivity contribution in [3.05, 3.63) is 59.2 Å². The third kappa shape index (κ3) is 3.75. The monoisotopic (exact) mass is 500 g/mol. The predicted octanol–water partition coefficient (Wildman–Crippen LogP) is 3.97. The SMILES string of the molecule is CCOC(=O)c1ccc(N2N=C(C)[C@@]3(Cc4cc(C(F)(F)F)ccc4N4CCN(C)C[C@H]43)C2=O)cc1. The molecule has 3 aliphatic heterocycles. The van der Waals surface area contributed by atoms with Gasteiger partial charge < -0.3 is 14.5 Å². The summed E-state index contributed by atoms with van der Waals surface area (Å²) < 4.78 is 45.6. The van der Waals surface area contributed by atoms with Gasteiger partial charge >= 0.3 is 12.1 Å². The van der Waals surface area contributed by atoms with Crippen LogP contribution in [0.3, 0.4) is 0 Å². The van der Waals surface area contributed by atoms with E-state index in [2.05, 4.69) is 14.9 Å². The molecule has 1 saturated heterocycles. The van der Waals surface area contributed by atoms with E-state index in [0.29, 0.717) is 35.6 Å². The molecule has 0 aliphatic carbocycles. The van der Waals surface area contributed by atoms with Crippen molar-refractivity contribution < 1.29 is 27.5 Å². The van der Waals surface area contributed by atoms with Gasteiger partial charge in [0, 0.05) is 25.3 Å². The van der Waals surface area contributed by atoms with Crippen LogP contribution in [0.15, 0.2) is 47.6 Å². The Morgan fingerprint density at radius 3 is 2.56 bits per heavy atom. The van der Waals surface area contributed by atoms with Crippen LogP contribution >= 0.6 is 0 Å². The first-order chi connectivity index (χ1) is 17.1. The summed E-state index contributed by atoms with van der Waals surface area (Å²) in [6.45, 7) is 5.65. The van der Waals surface area contributed by atoms with E-state index in [9.17, 15) is 22.8 Å². The van der Waals surface area contributed by atoms with E-state index in [-0.39, 0.29) is 25.0 Å². The first-order valence-corrected chi connectivity index (χ1v) is 11.9. The Morgan fingerprint density at radius 2 is 1.89 bits per heavy atom. The second-order valence-electron chi connectivity index (χ2n) is 9.53. The number of benzene rings is 2. The lowest BCUT2D eigenvalue weighted by Gasteiger charge is -2.53. The molecule has 2 aromatic rings. The van der Waals surface area contributed by atoms with E-state index < -0.39 is 23.1 Å². The van der Waals surface area contributed by atoms with E-state index in [0.717, 1.165) is 18.3 Å². The second kappa shape index (κ2) is 8.62. The molecule has 2 aromatic carbocycles. The van der Waals surface area contributed by atoms with Crippen LogP contribution in [0.2, 0.25) is 0 Å². The summed E-state index contributed by atoms with van der Waals surface area (Å²) in [5.41, 5.74) is 0.804. The van der Waals surface area contributed by atoms with Crippen LogP contribution in [0, 0.1) is 5.41 Å². The van der Waals surface area contributed by atoms with E-state index in [1.54, 1.807) is 38.1 Å². The van der Waals surface area contributed by atoms with Crippen LogP contribution in [0.5, 0.6) is 0 Å². The van der Waals surface area contributed by atoms with Crippen molar-refractivity contribution in [2.75, 3.05) is 43.2 Å². The van der Waals surface area contributed by atoms with Crippen molar-refractivity contribution >= 4 is 29.0 Å². The molecule has 10 heteroatoms. The fraction of sp³-hybridized carbons (Fsp3) is 0.423. The van der Waals surface area contributed by atoms with Crippen LogP contribution in [-0.2, 0) is 22.1 Å². The highest BCUT2D eigenvalue weighted by atomic mass is 19.4. The molecule has 36 heavy (non-hydrogen) atoms. The molecule has 3 aliphatic rings. The fourth-order valence-corrected chi connectivity index (χ4v) is 5.58. The number of halogens is 3. The van der Waals surface area contributed by atoms with Crippen LogP contribution in [0.25, 0.3) is 0 Å². The average Bonchev–Trinajstić information content (AvgIpc) is 3.09. The van der Waals surface area contributed by atoms with Gasteiger partial charge in [0.05, 0.1) is 35.2 Å². The van der Waals surface area contributed by atoms with Gasteiger partial charge in [-0.15, -0.1) is 0 Å². The maximum absolute atomic E-state index is 14.1. The number of esters is 1. The Hall–Kier alpha value is -3.40. The summed E-state index contributed by atoms with van der Waals surface area (Å²) in [6.07, 6.45) is -4.34. The minimum Gasteiger partial charge on any atom is -0.462 e. The number of amides is 1. The molecule has 7 nitrogen and oxygen atoms in total. The number of ether oxygens (including phenoxy) is 1. The van der Waals surface area contributed by atoms with Gasteiger partial charge in [-0.2, -0.15) is 23.3 Å². The molecule has 1 spiro atoms. The van der Waals surface area contributed by atoms with Gasteiger partial charge in [-0.25, -0.2) is 4.79 Å². The van der Waals surface area contributed by atoms with Crippen molar-refractivity contribution in [1.82, 2.24) is 4.90 Å². The molecule has 1 amide bonds. The zero-order valence-electron chi connectivity index (χ0n) is 20.3. The lowest BCUT2D eigenvalue weighted by Crippen LogP contribution is -2.66. The Bertz CT molecular complexity index is 1240. The lowest BCUT2D eigenvalue weighted by atomic mass is 9.67. The molecular weight excluding hydrogens is 473 g/mol. The number of piperazine rings is 1. The third-order valence-corrected chi connectivity index (χ3v) is 7.43. The quantitative estimate of drug-likeness (QED) is 0.597. The fourth-order valence-electron chi connectivity index (χ4n) is 5.58. The minimum atomic E-state index is -4.48. The molecule has 0 unspecified atom stereocenters. The number of carbonyl (C=O) groups excluding carboxylic acids is 2. The molecule has 1 fully saturated rings. The number of likely N-dealkylation sites (N-methyl/N-ethyl adjacent to an activating group) is 1. The zero-order valence-corrected chi connectivity index (χ0v) is 20.3. The summed E-state index contributed by atoms with van der Waals surface area (Å²) in [4.78, 5) is 30.3. The third-order valence-electron chi connectivity index (χ3n) is 7.43. The lowest BCUT2D eigenvalue weighted by molar-refractivity contribution is -0.137. The molecule has 5 rings (SSSR count). The standard InChI is InChI=1S/C26H27F3N4O3/c1-4-36-23(34)17-5-8-20(9-6-17)33-24(35)25(16(2)30-33)14-18-13-19(26(27,28)29)7-10-21(18)32-12-11-31(3)15-22(25)32/h5-10,13,22H,4,11-12,14-15H2,1-3H3/t22-,25+/m0/s1. The molecule has 190 valence electrons. The molecule has 0 radical (unpaired) electrons. The van der Waals surface area contributed by atoms with Gasteiger partial charge in [0.15, 0.2) is 0 Å². The highest BCUT2D eigenvalue weighted by molar-refractivity contribution is 6.20. The number of hydrogen-bond donors (Lipinski definition) is 0. The van der Waals surface area contributed by atoms with E-state index in [1.165, 1.54) is 17.1 Å². The highest BCUT2D eigenvalue weighted by Crippen LogP contribution is 2.49. The van der Waals surface area contributed by atoms with Crippen LogP contribution < -0.4 is 9.91 Å². The number of nitrogens with zero attached hydrogens (tertiary/aromatic N) is 4. The average molecular weight is 501 g/mol. The highest BCUT2D eigenvalue weighted by Gasteiger charge is 2.59. The zero-order chi connectivity index (χ0) is 25.8. The Balaban J connectivity index is 1.55. The van der Waals surface area contributed by atoms with Crippen molar-refractivity contribution in [2.45, 2.75) is 32.5 Å². The van der Waals surface area contributed by atoms with Crippen molar-refractivity contribution in [3.8, 4) is 0 Å². The van der Waals surface area contributed by atoms with Gasteiger partial charge in [0.1, 0.15) is 5.41 Å². The number of carbonyl (C=O) groups is 2. The van der Waals surface area contributed by atoms with Crippen molar-refractivity contribution in [2.24, 2.45) is 10.5 Å². The molecule has 3 heterocycles. The van der Waals surface area contributed by atoms with Gasteiger partial charge in [0.25, 0.3) is 5.91 Å². The maximum atomic E-state index is 14.1. The van der Waals surface area contributed by atoms with Gasteiger partial charge in [-0.1, -0.05) is 0 Å². The van der Waals surface area contributed by atoms with E-state index in [4.69, 9.17) is 4.74 Å². The first kappa shape index (κ1) is 24.3. The second-order valence-corrected chi connectivity index (χ2v) is 9.53. The van der Waals surface area contributed by atoms with Gasteiger partial charge in [0.2, 0.25) is 0 Å². The summed E-state index contributed by atoms with van der Waals surface area (Å²) in [6, 6.07) is 9.93. The number of hydrogen-bond acceptors (Lipinski definition) is 6. The van der Waals surface area contributed by atoms with Crippen molar-refractivity contribution in [3.63, 3.8) is 0 Å². The summed E-state index contributed by atoms with van der Waals surface area (Å²) in [7, 11) is 1.98. The van der Waals surface area contributed by atoms with E-state index in [1.807, 2.05) is 7.05 Å². The summed E-state index contributed by atoms with van der Waals surface area (Å²) in [5, 5.41) is 5.92. The summed E-state index contributed by atoms with van der Waals surface area (Å²) in [5.74, 6) is -0.740. The normalized spacial score (nSPS) is 24.0. The molecule has 0 bridgehead atoms. The Labute approximate surface area is 207 Å². The van der Waals surface area contributed by atoms with Gasteiger partial charge in [-0.3, -0.25) is 4.79 Å². The predicted molar refractivity (Wildman–Crippen MR) is 129 cm³/mol. The van der Waals surface area contributed by atoms with E-state index >= 15 is 0 Å². The molecular formula is C26H27F3N4O3. The Kier molecular flexibility index (Phi) is 5.82. The number of fused-ring (bicyclic) bond motifs is 4. The molecule has 2 atom stereocenters. The topological polar surface area (TPSA) is 65.5 Å². The number of anilines is 2. The summed E-state index contributed by atoms with van der Waals surface area (Å²) >= 11 is 0. The van der Waals surface area contributed by atoms with Crippen molar-refractivity contribution in [1.29, 1.82) is 0 Å². The smallest absolute Gasteiger partial charge is 0.416 e. The Morgan fingerprint density at radius 1 is 1.17 bits per heavy atom. The number of alkyl halides is 3. The number of rotatable bonds is 3. The number of hydrazone groups is 1. The largest absolute Gasteiger partial charge is 0.462 e. The molecule has 0 saturated carbocycles.